The molecular weight excluding hydrogens is 234 g/mol. The summed E-state index contributed by atoms with van der Waals surface area (Å²) >= 11 is 7.33. The maximum atomic E-state index is 11.7. The Hall–Kier alpha value is -0.810. The first-order valence-electron chi connectivity index (χ1n) is 4.43. The van der Waals surface area contributed by atoms with Gasteiger partial charge < -0.3 is 4.90 Å². The standard InChI is InChI=1S/C9H12ClN3OS/c1-4-15-9-11-5-6(10)7(12-9)8(14)13(2)3/h5H,4H2,1-3H3. The number of hydrogen-bond donors (Lipinski definition) is 0. The Morgan fingerprint density at radius 3 is 2.80 bits per heavy atom. The average molecular weight is 246 g/mol. The molecule has 0 spiro atoms. The van der Waals surface area contributed by atoms with E-state index in [1.54, 1.807) is 14.1 Å². The number of rotatable bonds is 3. The van der Waals surface area contributed by atoms with Crippen molar-refractivity contribution in [1.82, 2.24) is 14.9 Å². The number of aromatic nitrogens is 2. The molecule has 6 heteroatoms. The van der Waals surface area contributed by atoms with Crippen molar-refractivity contribution < 1.29 is 4.79 Å². The third-order valence-corrected chi connectivity index (χ3v) is 2.62. The Bertz CT molecular complexity index is 370. The van der Waals surface area contributed by atoms with Crippen LogP contribution in [-0.2, 0) is 0 Å². The number of thioether (sulfide) groups is 1. The van der Waals surface area contributed by atoms with Crippen molar-refractivity contribution in [2.24, 2.45) is 0 Å². The van der Waals surface area contributed by atoms with Gasteiger partial charge in [-0.15, -0.1) is 0 Å². The summed E-state index contributed by atoms with van der Waals surface area (Å²) in [6, 6.07) is 0. The van der Waals surface area contributed by atoms with Gasteiger partial charge in [-0.05, 0) is 5.75 Å². The summed E-state index contributed by atoms with van der Waals surface area (Å²) < 4.78 is 0. The van der Waals surface area contributed by atoms with Crippen molar-refractivity contribution >= 4 is 29.3 Å². The summed E-state index contributed by atoms with van der Waals surface area (Å²) in [7, 11) is 3.32. The highest BCUT2D eigenvalue weighted by molar-refractivity contribution is 7.99. The largest absolute Gasteiger partial charge is 0.343 e. The minimum Gasteiger partial charge on any atom is -0.343 e. The fraction of sp³-hybridized carbons (Fsp3) is 0.444. The molecule has 0 radical (unpaired) electrons. The van der Waals surface area contributed by atoms with Gasteiger partial charge in [-0.1, -0.05) is 30.3 Å². The zero-order valence-electron chi connectivity index (χ0n) is 8.82. The van der Waals surface area contributed by atoms with Crippen LogP contribution in [0.2, 0.25) is 5.02 Å². The molecule has 82 valence electrons. The van der Waals surface area contributed by atoms with E-state index >= 15 is 0 Å². The van der Waals surface area contributed by atoms with Gasteiger partial charge in [0.2, 0.25) is 0 Å². The highest BCUT2D eigenvalue weighted by Gasteiger charge is 2.15. The molecule has 0 aliphatic carbocycles. The van der Waals surface area contributed by atoms with Crippen LogP contribution in [-0.4, -0.2) is 40.6 Å². The zero-order chi connectivity index (χ0) is 11.4. The van der Waals surface area contributed by atoms with E-state index in [0.29, 0.717) is 5.16 Å². The molecule has 0 saturated carbocycles. The van der Waals surface area contributed by atoms with Crippen LogP contribution in [0.3, 0.4) is 0 Å². The lowest BCUT2D eigenvalue weighted by Gasteiger charge is -2.10. The zero-order valence-corrected chi connectivity index (χ0v) is 10.4. The second-order valence-electron chi connectivity index (χ2n) is 2.98. The van der Waals surface area contributed by atoms with Crippen molar-refractivity contribution in [2.75, 3.05) is 19.8 Å². The second-order valence-corrected chi connectivity index (χ2v) is 4.62. The summed E-state index contributed by atoms with van der Waals surface area (Å²) in [6.45, 7) is 2.00. The Labute approximate surface area is 98.0 Å². The van der Waals surface area contributed by atoms with Crippen molar-refractivity contribution in [3.63, 3.8) is 0 Å². The van der Waals surface area contributed by atoms with Gasteiger partial charge in [-0.2, -0.15) is 0 Å². The highest BCUT2D eigenvalue weighted by Crippen LogP contribution is 2.18. The first kappa shape index (κ1) is 12.3. The number of amides is 1. The van der Waals surface area contributed by atoms with E-state index in [1.807, 2.05) is 6.92 Å². The number of hydrogen-bond acceptors (Lipinski definition) is 4. The van der Waals surface area contributed by atoms with E-state index in [4.69, 9.17) is 11.6 Å². The van der Waals surface area contributed by atoms with E-state index < -0.39 is 0 Å². The lowest BCUT2D eigenvalue weighted by atomic mass is 10.4. The van der Waals surface area contributed by atoms with E-state index in [0.717, 1.165) is 5.75 Å². The van der Waals surface area contributed by atoms with E-state index in [2.05, 4.69) is 9.97 Å². The van der Waals surface area contributed by atoms with Crippen LogP contribution in [0.25, 0.3) is 0 Å². The molecule has 0 N–H and O–H groups in total. The van der Waals surface area contributed by atoms with Gasteiger partial charge in [0, 0.05) is 14.1 Å². The molecule has 15 heavy (non-hydrogen) atoms. The predicted molar refractivity (Wildman–Crippen MR) is 61.5 cm³/mol. The smallest absolute Gasteiger partial charge is 0.273 e. The Morgan fingerprint density at radius 2 is 2.27 bits per heavy atom. The Balaban J connectivity index is 3.05. The maximum Gasteiger partial charge on any atom is 0.273 e. The van der Waals surface area contributed by atoms with Crippen LogP contribution in [0.1, 0.15) is 17.4 Å². The van der Waals surface area contributed by atoms with E-state index in [1.165, 1.54) is 22.9 Å². The summed E-state index contributed by atoms with van der Waals surface area (Å²) in [5, 5.41) is 0.862. The lowest BCUT2D eigenvalue weighted by molar-refractivity contribution is 0.0821. The number of nitrogens with zero attached hydrogens (tertiary/aromatic N) is 3. The Morgan fingerprint density at radius 1 is 1.60 bits per heavy atom. The van der Waals surface area contributed by atoms with Crippen LogP contribution >= 0.6 is 23.4 Å². The third-order valence-electron chi connectivity index (χ3n) is 1.60. The molecule has 4 nitrogen and oxygen atoms in total. The van der Waals surface area contributed by atoms with Crippen LogP contribution < -0.4 is 0 Å². The molecule has 1 aromatic rings. The highest BCUT2D eigenvalue weighted by atomic mass is 35.5. The van der Waals surface area contributed by atoms with Gasteiger partial charge in [-0.3, -0.25) is 4.79 Å². The van der Waals surface area contributed by atoms with Crippen LogP contribution in [0.4, 0.5) is 0 Å². The van der Waals surface area contributed by atoms with Crippen molar-refractivity contribution in [1.29, 1.82) is 0 Å². The molecule has 1 rings (SSSR count). The first-order valence-corrected chi connectivity index (χ1v) is 5.79. The van der Waals surface area contributed by atoms with E-state index in [9.17, 15) is 4.79 Å². The first-order chi connectivity index (χ1) is 7.06. The van der Waals surface area contributed by atoms with Crippen LogP contribution in [0.5, 0.6) is 0 Å². The van der Waals surface area contributed by atoms with Gasteiger partial charge in [-0.25, -0.2) is 9.97 Å². The minimum atomic E-state index is -0.208. The molecule has 0 unspecified atom stereocenters. The molecule has 0 aliphatic heterocycles. The summed E-state index contributed by atoms with van der Waals surface area (Å²) in [5.74, 6) is 0.650. The summed E-state index contributed by atoms with van der Waals surface area (Å²) in [6.07, 6.45) is 1.46. The van der Waals surface area contributed by atoms with Crippen molar-refractivity contribution in [2.45, 2.75) is 12.1 Å². The number of halogens is 1. The molecule has 1 heterocycles. The molecule has 0 fully saturated rings. The fourth-order valence-electron chi connectivity index (χ4n) is 0.911. The molecule has 1 aromatic heterocycles. The van der Waals surface area contributed by atoms with Gasteiger partial charge in [0.1, 0.15) is 0 Å². The molecule has 0 aliphatic rings. The van der Waals surface area contributed by atoms with Gasteiger partial charge >= 0.3 is 0 Å². The maximum absolute atomic E-state index is 11.7. The SMILES string of the molecule is CCSc1ncc(Cl)c(C(=O)N(C)C)n1. The third kappa shape index (κ3) is 3.07. The normalized spacial score (nSPS) is 10.1. The molecule has 0 atom stereocenters. The Kier molecular flexibility index (Phi) is 4.35. The predicted octanol–water partition coefficient (Wildman–Crippen LogP) is 1.94. The number of carbonyl (C=O) groups excluding carboxylic acids is 1. The molecular formula is C9H12ClN3OS. The van der Waals surface area contributed by atoms with Gasteiger partial charge in [0.25, 0.3) is 5.91 Å². The van der Waals surface area contributed by atoms with Gasteiger partial charge in [0.15, 0.2) is 10.9 Å². The van der Waals surface area contributed by atoms with Crippen LogP contribution in [0, 0.1) is 0 Å². The molecule has 0 saturated heterocycles. The van der Waals surface area contributed by atoms with E-state index in [-0.39, 0.29) is 16.6 Å². The van der Waals surface area contributed by atoms with Crippen molar-refractivity contribution in [3.8, 4) is 0 Å². The minimum absolute atomic E-state index is 0.208. The van der Waals surface area contributed by atoms with Crippen LogP contribution in [0.15, 0.2) is 11.4 Å². The van der Waals surface area contributed by atoms with Crippen molar-refractivity contribution in [3.05, 3.63) is 16.9 Å². The molecule has 1 amide bonds. The van der Waals surface area contributed by atoms with Gasteiger partial charge in [0.05, 0.1) is 11.2 Å². The summed E-state index contributed by atoms with van der Waals surface area (Å²) in [4.78, 5) is 21.2. The fourth-order valence-corrected chi connectivity index (χ4v) is 1.62. The quantitative estimate of drug-likeness (QED) is 0.603. The second kappa shape index (κ2) is 5.32. The lowest BCUT2D eigenvalue weighted by Crippen LogP contribution is -2.23. The molecule has 0 bridgehead atoms. The monoisotopic (exact) mass is 245 g/mol. The molecule has 0 aromatic carbocycles. The number of carbonyl (C=O) groups is 1. The topological polar surface area (TPSA) is 46.1 Å². The summed E-state index contributed by atoms with van der Waals surface area (Å²) in [5.41, 5.74) is 0.257. The average Bonchev–Trinajstić information content (AvgIpc) is 2.20.